The van der Waals surface area contributed by atoms with Gasteiger partial charge in [-0.3, -0.25) is 4.79 Å². The summed E-state index contributed by atoms with van der Waals surface area (Å²) in [5.74, 6) is 1.61. The van der Waals surface area contributed by atoms with Gasteiger partial charge in [-0.15, -0.1) is 0 Å². The van der Waals surface area contributed by atoms with Crippen molar-refractivity contribution in [2.75, 3.05) is 25.1 Å². The van der Waals surface area contributed by atoms with Gasteiger partial charge >= 0.3 is 0 Å². The molecule has 7 heteroatoms. The number of ether oxygens (including phenoxy) is 1. The Kier molecular flexibility index (Phi) is 4.31. The third-order valence-electron chi connectivity index (χ3n) is 4.61. The minimum absolute atomic E-state index is 0.0162. The molecule has 1 aromatic carbocycles. The zero-order valence-electron chi connectivity index (χ0n) is 14.0. The van der Waals surface area contributed by atoms with Crippen molar-refractivity contribution in [1.82, 2.24) is 14.9 Å². The molecule has 4 rings (SSSR count). The fourth-order valence-corrected chi connectivity index (χ4v) is 3.32. The highest BCUT2D eigenvalue weighted by Crippen LogP contribution is 2.32. The number of hydrogen-bond acceptors (Lipinski definition) is 5. The first-order chi connectivity index (χ1) is 12.2. The smallest absolute Gasteiger partial charge is 0.254 e. The zero-order chi connectivity index (χ0) is 17.4. The number of benzene rings is 1. The maximum absolute atomic E-state index is 12.8. The van der Waals surface area contributed by atoms with E-state index in [2.05, 4.69) is 14.9 Å². The van der Waals surface area contributed by atoms with Gasteiger partial charge in [-0.25, -0.2) is 9.97 Å². The van der Waals surface area contributed by atoms with Crippen LogP contribution in [0.4, 0.5) is 5.82 Å². The number of nitrogens with zero attached hydrogens (tertiary/aromatic N) is 4. The monoisotopic (exact) mass is 358 g/mol. The van der Waals surface area contributed by atoms with Gasteiger partial charge in [0.1, 0.15) is 12.4 Å². The molecule has 2 aliphatic rings. The number of hydrogen-bond donors (Lipinski definition) is 0. The maximum Gasteiger partial charge on any atom is 0.254 e. The van der Waals surface area contributed by atoms with Crippen LogP contribution < -0.4 is 4.90 Å². The number of methoxy groups -OCH3 is 1. The topological polar surface area (TPSA) is 58.6 Å². The number of halogens is 1. The minimum atomic E-state index is -0.0162. The van der Waals surface area contributed by atoms with Gasteiger partial charge in [0, 0.05) is 36.3 Å². The summed E-state index contributed by atoms with van der Waals surface area (Å²) in [6.07, 6.45) is 1.17. The molecule has 2 aliphatic heterocycles. The molecule has 0 N–H and O–H groups in total. The second-order valence-electron chi connectivity index (χ2n) is 6.33. The van der Waals surface area contributed by atoms with Crippen LogP contribution in [0.5, 0.6) is 0 Å². The lowest BCUT2D eigenvalue weighted by Gasteiger charge is -2.33. The molecular formula is C18H19ClN4O2. The van der Waals surface area contributed by atoms with E-state index in [0.29, 0.717) is 36.1 Å². The van der Waals surface area contributed by atoms with Gasteiger partial charge in [0.05, 0.1) is 18.8 Å². The third-order valence-corrected chi connectivity index (χ3v) is 4.87. The van der Waals surface area contributed by atoms with Crippen LogP contribution in [0.2, 0.25) is 5.02 Å². The van der Waals surface area contributed by atoms with Crippen LogP contribution in [-0.2, 0) is 24.4 Å². The summed E-state index contributed by atoms with van der Waals surface area (Å²) >= 11 is 5.91. The third kappa shape index (κ3) is 3.07. The molecule has 6 nitrogen and oxygen atoms in total. The largest absolute Gasteiger partial charge is 0.377 e. The molecule has 130 valence electrons. The van der Waals surface area contributed by atoms with E-state index in [1.54, 1.807) is 31.4 Å². The first-order valence-electron chi connectivity index (χ1n) is 8.33. The molecule has 0 aliphatic carbocycles. The van der Waals surface area contributed by atoms with E-state index in [4.69, 9.17) is 16.3 Å². The van der Waals surface area contributed by atoms with Crippen molar-refractivity contribution in [3.8, 4) is 0 Å². The van der Waals surface area contributed by atoms with Gasteiger partial charge in [0.15, 0.2) is 5.82 Å². The Bertz CT molecular complexity index is 805. The van der Waals surface area contributed by atoms with Gasteiger partial charge < -0.3 is 14.5 Å². The van der Waals surface area contributed by atoms with Crippen molar-refractivity contribution >= 4 is 23.3 Å². The van der Waals surface area contributed by atoms with Gasteiger partial charge in [-0.1, -0.05) is 11.6 Å². The molecule has 1 saturated heterocycles. The molecule has 1 aromatic heterocycles. The number of amides is 1. The Balaban J connectivity index is 1.62. The molecule has 3 heterocycles. The lowest BCUT2D eigenvalue weighted by molar-refractivity contribution is 0.0750. The lowest BCUT2D eigenvalue weighted by atomic mass is 10.1. The van der Waals surface area contributed by atoms with Crippen molar-refractivity contribution in [3.05, 3.63) is 51.9 Å². The van der Waals surface area contributed by atoms with Crippen LogP contribution in [0.1, 0.15) is 33.9 Å². The summed E-state index contributed by atoms with van der Waals surface area (Å²) in [6.45, 7) is 3.41. The van der Waals surface area contributed by atoms with Crippen molar-refractivity contribution in [1.29, 1.82) is 0 Å². The average molecular weight is 359 g/mol. The van der Waals surface area contributed by atoms with E-state index >= 15 is 0 Å². The second-order valence-corrected chi connectivity index (χ2v) is 6.77. The van der Waals surface area contributed by atoms with E-state index in [1.807, 2.05) is 4.90 Å². The number of carbonyl (C=O) groups is 1. The molecule has 0 atom stereocenters. The van der Waals surface area contributed by atoms with Crippen molar-refractivity contribution in [2.24, 2.45) is 0 Å². The Morgan fingerprint density at radius 1 is 1.20 bits per heavy atom. The molecule has 0 saturated carbocycles. The van der Waals surface area contributed by atoms with Crippen LogP contribution in [-0.4, -0.2) is 41.0 Å². The molecule has 0 bridgehead atoms. The first kappa shape index (κ1) is 16.3. The summed E-state index contributed by atoms with van der Waals surface area (Å²) in [6, 6.07) is 6.98. The molecule has 1 amide bonds. The highest BCUT2D eigenvalue weighted by Gasteiger charge is 2.32. The van der Waals surface area contributed by atoms with Gasteiger partial charge in [0.25, 0.3) is 5.91 Å². The van der Waals surface area contributed by atoms with E-state index in [9.17, 15) is 4.79 Å². The van der Waals surface area contributed by atoms with Gasteiger partial charge in [0.2, 0.25) is 0 Å². The van der Waals surface area contributed by atoms with Crippen LogP contribution in [0.15, 0.2) is 24.3 Å². The highest BCUT2D eigenvalue weighted by atomic mass is 35.5. The lowest BCUT2D eigenvalue weighted by Crippen LogP contribution is -2.38. The fourth-order valence-electron chi connectivity index (χ4n) is 3.19. The van der Waals surface area contributed by atoms with Crippen molar-refractivity contribution in [3.63, 3.8) is 0 Å². The second kappa shape index (κ2) is 6.61. The van der Waals surface area contributed by atoms with E-state index in [-0.39, 0.29) is 5.91 Å². The SMILES string of the molecule is COCc1nc2c(c(N3CCC3)n1)CN(C(=O)c1ccc(Cl)cc1)C2. The molecule has 2 aromatic rings. The molecule has 1 fully saturated rings. The fraction of sp³-hybridized carbons (Fsp3) is 0.389. The Labute approximate surface area is 151 Å². The van der Waals surface area contributed by atoms with Crippen LogP contribution in [0.25, 0.3) is 0 Å². The van der Waals surface area contributed by atoms with Gasteiger partial charge in [-0.2, -0.15) is 0 Å². The Morgan fingerprint density at radius 2 is 1.96 bits per heavy atom. The number of rotatable bonds is 4. The van der Waals surface area contributed by atoms with Crippen LogP contribution in [0, 0.1) is 0 Å². The summed E-state index contributed by atoms with van der Waals surface area (Å²) in [5, 5.41) is 0.622. The standard InChI is InChI=1S/C18H19ClN4O2/c1-25-11-16-20-15-10-23(18(24)12-3-5-13(19)6-4-12)9-14(15)17(21-16)22-7-2-8-22/h3-6H,2,7-11H2,1H3. The summed E-state index contributed by atoms with van der Waals surface area (Å²) in [4.78, 5) is 26.1. The molecular weight excluding hydrogens is 340 g/mol. The number of anilines is 1. The first-order valence-corrected chi connectivity index (χ1v) is 8.71. The predicted octanol–water partition coefficient (Wildman–Crippen LogP) is 2.64. The summed E-state index contributed by atoms with van der Waals surface area (Å²) in [7, 11) is 1.64. The number of aromatic nitrogens is 2. The highest BCUT2D eigenvalue weighted by molar-refractivity contribution is 6.30. The van der Waals surface area contributed by atoms with E-state index < -0.39 is 0 Å². The molecule has 0 unspecified atom stereocenters. The number of carbonyl (C=O) groups excluding carboxylic acids is 1. The van der Waals surface area contributed by atoms with E-state index in [1.165, 1.54) is 6.42 Å². The summed E-state index contributed by atoms with van der Waals surface area (Å²) < 4.78 is 5.19. The van der Waals surface area contributed by atoms with Crippen molar-refractivity contribution in [2.45, 2.75) is 26.1 Å². The average Bonchev–Trinajstić information content (AvgIpc) is 2.98. The quantitative estimate of drug-likeness (QED) is 0.841. The predicted molar refractivity (Wildman–Crippen MR) is 94.6 cm³/mol. The summed E-state index contributed by atoms with van der Waals surface area (Å²) in [5.41, 5.74) is 2.61. The Hall–Kier alpha value is -2.18. The van der Waals surface area contributed by atoms with Crippen LogP contribution in [0.3, 0.4) is 0 Å². The maximum atomic E-state index is 12.8. The van der Waals surface area contributed by atoms with Crippen molar-refractivity contribution < 1.29 is 9.53 Å². The van der Waals surface area contributed by atoms with Gasteiger partial charge in [-0.05, 0) is 30.7 Å². The molecule has 25 heavy (non-hydrogen) atoms. The van der Waals surface area contributed by atoms with Crippen LogP contribution >= 0.6 is 11.6 Å². The normalized spacial score (nSPS) is 15.9. The molecule has 0 radical (unpaired) electrons. The minimum Gasteiger partial charge on any atom is -0.377 e. The van der Waals surface area contributed by atoms with E-state index in [0.717, 1.165) is 30.2 Å². The zero-order valence-corrected chi connectivity index (χ0v) is 14.8. The number of fused-ring (bicyclic) bond motifs is 1. The molecule has 0 spiro atoms. The Morgan fingerprint density at radius 3 is 2.60 bits per heavy atom.